The smallest absolute Gasteiger partial charge is 0.407 e. The van der Waals surface area contributed by atoms with Gasteiger partial charge in [0.15, 0.2) is 0 Å². The number of amides is 2. The van der Waals surface area contributed by atoms with Gasteiger partial charge in [-0.15, -0.1) is 0 Å². The minimum absolute atomic E-state index is 0.0453. The Kier molecular flexibility index (Phi) is 5.58. The normalized spacial score (nSPS) is 19.7. The molecular formula is C23H22F2N2O5. The van der Waals surface area contributed by atoms with E-state index in [1.54, 1.807) is 0 Å². The number of carbonyl (C=O) groups excluding carboxylic acids is 2. The van der Waals surface area contributed by atoms with E-state index < -0.39 is 48.9 Å². The van der Waals surface area contributed by atoms with E-state index in [0.717, 1.165) is 27.2 Å². The lowest BCUT2D eigenvalue weighted by molar-refractivity contribution is -0.151. The molecule has 0 spiro atoms. The summed E-state index contributed by atoms with van der Waals surface area (Å²) < 4.78 is 33.1. The van der Waals surface area contributed by atoms with Crippen molar-refractivity contribution in [3.05, 3.63) is 59.7 Å². The van der Waals surface area contributed by atoms with Gasteiger partial charge in [-0.25, -0.2) is 13.6 Å². The average molecular weight is 444 g/mol. The van der Waals surface area contributed by atoms with Crippen molar-refractivity contribution >= 4 is 18.0 Å². The second-order valence-corrected chi connectivity index (χ2v) is 8.06. The molecule has 1 fully saturated rings. The number of hydrogen-bond acceptors (Lipinski definition) is 4. The van der Waals surface area contributed by atoms with E-state index in [1.165, 1.54) is 6.92 Å². The summed E-state index contributed by atoms with van der Waals surface area (Å²) in [4.78, 5) is 36.5. The number of carboxylic acid groups (broad SMARTS) is 1. The molecule has 2 amide bonds. The first-order valence-corrected chi connectivity index (χ1v) is 10.2. The fraction of sp³-hybridized carbons (Fsp3) is 0.348. The lowest BCUT2D eigenvalue weighted by Crippen LogP contribution is -2.47. The summed E-state index contributed by atoms with van der Waals surface area (Å²) >= 11 is 0. The van der Waals surface area contributed by atoms with Crippen LogP contribution in [0.1, 0.15) is 24.0 Å². The molecule has 1 unspecified atom stereocenters. The first kappa shape index (κ1) is 21.7. The highest BCUT2D eigenvalue weighted by Crippen LogP contribution is 2.44. The summed E-state index contributed by atoms with van der Waals surface area (Å²) in [5, 5.41) is 11.3. The highest BCUT2D eigenvalue weighted by Gasteiger charge is 2.53. The molecule has 9 heteroatoms. The van der Waals surface area contributed by atoms with Crippen molar-refractivity contribution in [2.75, 3.05) is 19.7 Å². The van der Waals surface area contributed by atoms with E-state index in [-0.39, 0.29) is 12.5 Å². The Balaban J connectivity index is 1.37. The van der Waals surface area contributed by atoms with Gasteiger partial charge in [0.05, 0.1) is 6.54 Å². The number of benzene rings is 2. The van der Waals surface area contributed by atoms with Gasteiger partial charge in [-0.2, -0.15) is 0 Å². The number of hydrogen-bond donors (Lipinski definition) is 2. The zero-order chi connectivity index (χ0) is 23.0. The largest absolute Gasteiger partial charge is 0.481 e. The summed E-state index contributed by atoms with van der Waals surface area (Å²) in [7, 11) is 0. The predicted molar refractivity (Wildman–Crippen MR) is 110 cm³/mol. The zero-order valence-electron chi connectivity index (χ0n) is 17.3. The topological polar surface area (TPSA) is 95.9 Å². The second kappa shape index (κ2) is 8.22. The number of likely N-dealkylation sites (tertiary alicyclic amines) is 1. The third kappa shape index (κ3) is 3.90. The number of rotatable bonds is 5. The molecule has 2 aliphatic rings. The summed E-state index contributed by atoms with van der Waals surface area (Å²) in [5.41, 5.74) is 4.21. The van der Waals surface area contributed by atoms with Gasteiger partial charge in [-0.3, -0.25) is 9.59 Å². The fourth-order valence-corrected chi connectivity index (χ4v) is 4.36. The molecule has 4 rings (SSSR count). The molecule has 0 saturated carbocycles. The molecule has 7 nitrogen and oxygen atoms in total. The molecule has 2 aromatic rings. The molecule has 2 N–H and O–H groups in total. The summed E-state index contributed by atoms with van der Waals surface area (Å²) in [5.74, 6) is -8.10. The number of fused-ring (bicyclic) bond motifs is 3. The molecule has 0 aromatic heterocycles. The number of alkyl carbamates (subject to hydrolysis) is 1. The van der Waals surface area contributed by atoms with E-state index in [0.29, 0.717) is 0 Å². The highest BCUT2D eigenvalue weighted by molar-refractivity contribution is 5.86. The van der Waals surface area contributed by atoms with Crippen molar-refractivity contribution in [2.45, 2.75) is 24.8 Å². The van der Waals surface area contributed by atoms with Gasteiger partial charge in [0, 0.05) is 12.5 Å². The number of nitrogens with one attached hydrogen (secondary N) is 1. The molecule has 168 valence electrons. The molecule has 1 aliphatic heterocycles. The number of nitrogens with zero attached hydrogens (tertiary/aromatic N) is 1. The Morgan fingerprint density at radius 3 is 2.22 bits per heavy atom. The Bertz CT molecular complexity index is 1030. The van der Waals surface area contributed by atoms with E-state index in [9.17, 15) is 23.2 Å². The average Bonchev–Trinajstić information content (AvgIpc) is 3.26. The van der Waals surface area contributed by atoms with Crippen molar-refractivity contribution < 1.29 is 33.0 Å². The van der Waals surface area contributed by atoms with Gasteiger partial charge in [-0.1, -0.05) is 48.5 Å². The van der Waals surface area contributed by atoms with Crippen LogP contribution in [0, 0.1) is 5.92 Å². The Morgan fingerprint density at radius 1 is 1.12 bits per heavy atom. The molecule has 2 atom stereocenters. The van der Waals surface area contributed by atoms with Gasteiger partial charge in [0.1, 0.15) is 18.6 Å². The van der Waals surface area contributed by atoms with E-state index in [2.05, 4.69) is 5.32 Å². The minimum atomic E-state index is -3.52. The standard InChI is InChI=1S/C23H22F2N2O5/c1-13(20(28)27-10-19(21(29)30)23(24,25)12-27)26-22(31)32-11-18-16-8-4-2-6-14(16)15-7-3-5-9-17(15)18/h2-9,13,18-19H,10-12H2,1H3,(H,26,31)(H,29,30)/t13-,19?/m0/s1. The maximum atomic E-state index is 13.8. The zero-order valence-corrected chi connectivity index (χ0v) is 17.3. The summed E-state index contributed by atoms with van der Waals surface area (Å²) in [6.45, 7) is -0.225. The molecular weight excluding hydrogens is 422 g/mol. The van der Waals surface area contributed by atoms with Crippen LogP contribution in [-0.2, 0) is 14.3 Å². The minimum Gasteiger partial charge on any atom is -0.481 e. The van der Waals surface area contributed by atoms with E-state index >= 15 is 0 Å². The van der Waals surface area contributed by atoms with E-state index in [4.69, 9.17) is 9.84 Å². The van der Waals surface area contributed by atoms with Crippen LogP contribution in [-0.4, -0.2) is 59.6 Å². The van der Waals surface area contributed by atoms with Crippen LogP contribution >= 0.6 is 0 Å². The van der Waals surface area contributed by atoms with Gasteiger partial charge < -0.3 is 20.1 Å². The maximum Gasteiger partial charge on any atom is 0.407 e. The molecule has 0 bridgehead atoms. The number of aliphatic carboxylic acids is 1. The fourth-order valence-electron chi connectivity index (χ4n) is 4.36. The van der Waals surface area contributed by atoms with Crippen molar-refractivity contribution in [3.63, 3.8) is 0 Å². The molecule has 2 aromatic carbocycles. The van der Waals surface area contributed by atoms with Gasteiger partial charge in [0.25, 0.3) is 5.92 Å². The van der Waals surface area contributed by atoms with Crippen LogP contribution in [0.25, 0.3) is 11.1 Å². The Hall–Kier alpha value is -3.49. The third-order valence-electron chi connectivity index (χ3n) is 5.97. The SMILES string of the molecule is C[C@H](NC(=O)OCC1c2ccccc2-c2ccccc21)C(=O)N1CC(C(=O)O)C(F)(F)C1. The maximum absolute atomic E-state index is 13.8. The van der Waals surface area contributed by atoms with Crippen molar-refractivity contribution in [2.24, 2.45) is 5.92 Å². The number of carbonyl (C=O) groups is 3. The third-order valence-corrected chi connectivity index (χ3v) is 5.97. The van der Waals surface area contributed by atoms with Crippen LogP contribution in [0.4, 0.5) is 13.6 Å². The van der Waals surface area contributed by atoms with E-state index in [1.807, 2.05) is 48.5 Å². The molecule has 1 saturated heterocycles. The second-order valence-electron chi connectivity index (χ2n) is 8.06. The predicted octanol–water partition coefficient (Wildman–Crippen LogP) is 3.09. The Labute approximate surface area is 183 Å². The lowest BCUT2D eigenvalue weighted by atomic mass is 9.98. The molecule has 1 aliphatic carbocycles. The molecule has 1 heterocycles. The quantitative estimate of drug-likeness (QED) is 0.739. The van der Waals surface area contributed by atoms with Gasteiger partial charge in [-0.05, 0) is 29.2 Å². The van der Waals surface area contributed by atoms with Crippen LogP contribution < -0.4 is 5.32 Å². The highest BCUT2D eigenvalue weighted by atomic mass is 19.3. The number of ether oxygens (including phenoxy) is 1. The van der Waals surface area contributed by atoms with Crippen LogP contribution in [0.5, 0.6) is 0 Å². The van der Waals surface area contributed by atoms with Crippen molar-refractivity contribution in [1.29, 1.82) is 0 Å². The monoisotopic (exact) mass is 444 g/mol. The molecule has 32 heavy (non-hydrogen) atoms. The summed E-state index contributed by atoms with van der Waals surface area (Å²) in [6.07, 6.45) is -0.853. The first-order valence-electron chi connectivity index (χ1n) is 10.2. The number of alkyl halides is 2. The van der Waals surface area contributed by atoms with Gasteiger partial charge >= 0.3 is 12.1 Å². The van der Waals surface area contributed by atoms with Crippen LogP contribution in [0.2, 0.25) is 0 Å². The number of halogens is 2. The Morgan fingerprint density at radius 2 is 1.69 bits per heavy atom. The van der Waals surface area contributed by atoms with Crippen LogP contribution in [0.15, 0.2) is 48.5 Å². The lowest BCUT2D eigenvalue weighted by Gasteiger charge is -2.21. The molecule has 0 radical (unpaired) electrons. The number of carboxylic acids is 1. The van der Waals surface area contributed by atoms with Crippen molar-refractivity contribution in [1.82, 2.24) is 10.2 Å². The first-order chi connectivity index (χ1) is 15.2. The van der Waals surface area contributed by atoms with Crippen LogP contribution in [0.3, 0.4) is 0 Å². The van der Waals surface area contributed by atoms with Crippen molar-refractivity contribution in [3.8, 4) is 11.1 Å². The van der Waals surface area contributed by atoms with Gasteiger partial charge in [0.2, 0.25) is 5.91 Å². The summed E-state index contributed by atoms with van der Waals surface area (Å²) in [6, 6.07) is 14.5.